The van der Waals surface area contributed by atoms with Crippen molar-refractivity contribution < 1.29 is 13.2 Å². The van der Waals surface area contributed by atoms with Gasteiger partial charge in [-0.25, -0.2) is 13.1 Å². The standard InChI is InChI=1S/C19H40N4O3S.HI/c1-6-20-18(23-16(2)10-11-19(3,4)5)21-12-14-27(24,25)22-15-17-9-7-8-13-26-17;/h16-17,22H,6-15H2,1-5H3,(H2,20,21,23);1H. The number of nitrogens with zero attached hydrogens (tertiary/aromatic N) is 1. The summed E-state index contributed by atoms with van der Waals surface area (Å²) in [7, 11) is -3.34. The third-order valence-electron chi connectivity index (χ3n) is 4.49. The largest absolute Gasteiger partial charge is 0.377 e. The Labute approximate surface area is 189 Å². The molecular weight excluding hydrogens is 491 g/mol. The highest BCUT2D eigenvalue weighted by Gasteiger charge is 2.18. The molecule has 0 bridgehead atoms. The molecule has 0 saturated carbocycles. The van der Waals surface area contributed by atoms with Crippen molar-refractivity contribution in [2.45, 2.75) is 78.9 Å². The maximum absolute atomic E-state index is 12.2. The first-order valence-corrected chi connectivity index (χ1v) is 11.9. The minimum atomic E-state index is -3.34. The van der Waals surface area contributed by atoms with Gasteiger partial charge in [0.1, 0.15) is 0 Å². The van der Waals surface area contributed by atoms with Crippen LogP contribution in [0.3, 0.4) is 0 Å². The van der Waals surface area contributed by atoms with Crippen LogP contribution in [0.15, 0.2) is 4.99 Å². The van der Waals surface area contributed by atoms with Crippen molar-refractivity contribution in [3.8, 4) is 0 Å². The average molecular weight is 533 g/mol. The third-order valence-corrected chi connectivity index (χ3v) is 5.82. The summed E-state index contributed by atoms with van der Waals surface area (Å²) in [5.41, 5.74) is 0.299. The molecule has 7 nitrogen and oxygen atoms in total. The van der Waals surface area contributed by atoms with Gasteiger partial charge in [0.15, 0.2) is 5.96 Å². The van der Waals surface area contributed by atoms with Gasteiger partial charge >= 0.3 is 0 Å². The van der Waals surface area contributed by atoms with Crippen molar-refractivity contribution in [2.24, 2.45) is 10.4 Å². The van der Waals surface area contributed by atoms with E-state index in [1.807, 2.05) is 6.92 Å². The number of sulfonamides is 1. The molecule has 9 heteroatoms. The topological polar surface area (TPSA) is 91.8 Å². The van der Waals surface area contributed by atoms with E-state index in [0.717, 1.165) is 45.3 Å². The molecule has 0 aromatic rings. The fourth-order valence-corrected chi connectivity index (χ4v) is 3.73. The molecule has 3 N–H and O–H groups in total. The summed E-state index contributed by atoms with van der Waals surface area (Å²) in [5, 5.41) is 6.55. The molecule has 1 aliphatic heterocycles. The monoisotopic (exact) mass is 532 g/mol. The van der Waals surface area contributed by atoms with E-state index >= 15 is 0 Å². The lowest BCUT2D eigenvalue weighted by molar-refractivity contribution is 0.0200. The van der Waals surface area contributed by atoms with Crippen molar-refractivity contribution in [3.05, 3.63) is 0 Å². The van der Waals surface area contributed by atoms with Gasteiger partial charge < -0.3 is 15.4 Å². The Morgan fingerprint density at radius 3 is 2.57 bits per heavy atom. The molecule has 168 valence electrons. The number of nitrogens with one attached hydrogen (secondary N) is 3. The van der Waals surface area contributed by atoms with Gasteiger partial charge in [0, 0.05) is 25.7 Å². The molecule has 1 saturated heterocycles. The lowest BCUT2D eigenvalue weighted by atomic mass is 9.89. The van der Waals surface area contributed by atoms with Gasteiger partial charge in [0.05, 0.1) is 18.4 Å². The number of halogens is 1. The van der Waals surface area contributed by atoms with E-state index in [-0.39, 0.29) is 48.4 Å². The first-order chi connectivity index (χ1) is 12.6. The van der Waals surface area contributed by atoms with E-state index in [4.69, 9.17) is 4.74 Å². The van der Waals surface area contributed by atoms with Gasteiger partial charge in [-0.2, -0.15) is 0 Å². The van der Waals surface area contributed by atoms with E-state index in [1.165, 1.54) is 0 Å². The number of hydrogen-bond acceptors (Lipinski definition) is 4. The quantitative estimate of drug-likeness (QED) is 0.229. The minimum Gasteiger partial charge on any atom is -0.377 e. The van der Waals surface area contributed by atoms with Gasteiger partial charge in [0.25, 0.3) is 0 Å². The summed E-state index contributed by atoms with van der Waals surface area (Å²) < 4.78 is 32.6. The van der Waals surface area contributed by atoms with Crippen molar-refractivity contribution in [3.63, 3.8) is 0 Å². The smallest absolute Gasteiger partial charge is 0.213 e. The normalized spacial score (nSPS) is 19.6. The van der Waals surface area contributed by atoms with Crippen molar-refractivity contribution in [1.82, 2.24) is 15.4 Å². The fourth-order valence-electron chi connectivity index (χ4n) is 2.81. The van der Waals surface area contributed by atoms with Crippen LogP contribution in [0, 0.1) is 5.41 Å². The van der Waals surface area contributed by atoms with Crippen molar-refractivity contribution in [2.75, 3.05) is 32.0 Å². The molecule has 2 atom stereocenters. The highest BCUT2D eigenvalue weighted by molar-refractivity contribution is 14.0. The number of aliphatic imine (C=N–C) groups is 1. The van der Waals surface area contributed by atoms with Gasteiger partial charge in [-0.05, 0) is 51.4 Å². The SMILES string of the molecule is CCNC(=NCCS(=O)(=O)NCC1CCCCO1)NC(C)CCC(C)(C)C.I. The molecule has 1 heterocycles. The molecule has 1 fully saturated rings. The second-order valence-electron chi connectivity index (χ2n) is 8.56. The van der Waals surface area contributed by atoms with Gasteiger partial charge in [-0.1, -0.05) is 20.8 Å². The van der Waals surface area contributed by atoms with Gasteiger partial charge in [-0.15, -0.1) is 24.0 Å². The Kier molecular flexibility index (Phi) is 13.9. The molecule has 0 amide bonds. The van der Waals surface area contributed by atoms with E-state index in [2.05, 4.69) is 48.0 Å². The zero-order valence-corrected chi connectivity index (χ0v) is 21.4. The fraction of sp³-hybridized carbons (Fsp3) is 0.947. The molecule has 1 aliphatic rings. The molecule has 0 spiro atoms. The summed E-state index contributed by atoms with van der Waals surface area (Å²) in [6, 6.07) is 0.278. The highest BCUT2D eigenvalue weighted by atomic mass is 127. The second-order valence-corrected chi connectivity index (χ2v) is 10.5. The number of ether oxygens (including phenoxy) is 1. The van der Waals surface area contributed by atoms with E-state index in [0.29, 0.717) is 17.9 Å². The summed E-state index contributed by atoms with van der Waals surface area (Å²) in [5.74, 6) is 0.650. The first kappa shape index (κ1) is 27.9. The van der Waals surface area contributed by atoms with Gasteiger partial charge in [-0.3, -0.25) is 4.99 Å². The Bertz CT molecular complexity index is 544. The zero-order chi connectivity index (χ0) is 20.3. The Balaban J connectivity index is 0.00000729. The van der Waals surface area contributed by atoms with Crippen molar-refractivity contribution in [1.29, 1.82) is 0 Å². The number of rotatable bonds is 10. The molecular formula is C19H41IN4O3S. The molecule has 0 aromatic heterocycles. The predicted octanol–water partition coefficient (Wildman–Crippen LogP) is 2.86. The van der Waals surface area contributed by atoms with Crippen LogP contribution in [-0.2, 0) is 14.8 Å². The minimum absolute atomic E-state index is 0. The van der Waals surface area contributed by atoms with Crippen LogP contribution in [0.25, 0.3) is 0 Å². The summed E-state index contributed by atoms with van der Waals surface area (Å²) >= 11 is 0. The van der Waals surface area contributed by atoms with Crippen LogP contribution in [0.4, 0.5) is 0 Å². The maximum Gasteiger partial charge on any atom is 0.213 e. The lowest BCUT2D eigenvalue weighted by Gasteiger charge is -2.23. The third kappa shape index (κ3) is 13.9. The van der Waals surface area contributed by atoms with Gasteiger partial charge in [0.2, 0.25) is 10.0 Å². The predicted molar refractivity (Wildman–Crippen MR) is 128 cm³/mol. The Hall–Kier alpha value is -0.130. The molecule has 28 heavy (non-hydrogen) atoms. The number of hydrogen-bond donors (Lipinski definition) is 3. The zero-order valence-electron chi connectivity index (χ0n) is 18.2. The van der Waals surface area contributed by atoms with E-state index in [1.54, 1.807) is 0 Å². The molecule has 0 radical (unpaired) electrons. The summed E-state index contributed by atoms with van der Waals surface area (Å²) in [6.07, 6.45) is 5.23. The molecule has 0 aromatic carbocycles. The first-order valence-electron chi connectivity index (χ1n) is 10.2. The molecule has 1 rings (SSSR count). The second kappa shape index (κ2) is 14.0. The summed E-state index contributed by atoms with van der Waals surface area (Å²) in [4.78, 5) is 4.42. The van der Waals surface area contributed by atoms with Crippen LogP contribution in [0.5, 0.6) is 0 Å². The van der Waals surface area contributed by atoms with Crippen LogP contribution in [0.1, 0.15) is 66.7 Å². The van der Waals surface area contributed by atoms with E-state index in [9.17, 15) is 8.42 Å². The molecule has 0 aliphatic carbocycles. The number of guanidine groups is 1. The van der Waals surface area contributed by atoms with Crippen LogP contribution < -0.4 is 15.4 Å². The Morgan fingerprint density at radius 1 is 1.29 bits per heavy atom. The highest BCUT2D eigenvalue weighted by Crippen LogP contribution is 2.21. The molecule has 2 unspecified atom stereocenters. The van der Waals surface area contributed by atoms with Crippen LogP contribution >= 0.6 is 24.0 Å². The van der Waals surface area contributed by atoms with Crippen molar-refractivity contribution >= 4 is 40.0 Å². The maximum atomic E-state index is 12.2. The van der Waals surface area contributed by atoms with Crippen LogP contribution in [-0.4, -0.2) is 58.5 Å². The van der Waals surface area contributed by atoms with E-state index < -0.39 is 10.0 Å². The summed E-state index contributed by atoms with van der Waals surface area (Å²) in [6.45, 7) is 12.9. The Morgan fingerprint density at radius 2 is 2.00 bits per heavy atom. The van der Waals surface area contributed by atoms with Crippen LogP contribution in [0.2, 0.25) is 0 Å². The lowest BCUT2D eigenvalue weighted by Crippen LogP contribution is -2.43. The average Bonchev–Trinajstić information content (AvgIpc) is 2.59.